The van der Waals surface area contributed by atoms with Crippen molar-refractivity contribution in [3.63, 3.8) is 0 Å². The third-order valence-corrected chi connectivity index (χ3v) is 6.48. The molecule has 3 rings (SSSR count). The average Bonchev–Trinajstić information content (AvgIpc) is 3.22. The Bertz CT molecular complexity index is 1080. The quantitative estimate of drug-likeness (QED) is 0.129. The standard InChI is InChI=1S/C27H32N4O5/c1-3-4-5-10-18(26(33)35-2)15-25(32)24(30-31-28)16-29-27(34)36-17-23-21-13-8-6-11-19(21)20-12-7-9-14-22(20)23/h6-9,11-14,18,23-24H,3-5,10,15-17H2,1-2H3,(H,29,34)/t18-,24-/m0/s1. The number of ether oxygens (including phenoxy) is 2. The number of benzene rings is 2. The number of Topliss-reactive ketones (excluding diaryl/α,β-unsaturated/α-hetero) is 1. The smallest absolute Gasteiger partial charge is 0.407 e. The van der Waals surface area contributed by atoms with Crippen LogP contribution < -0.4 is 5.32 Å². The van der Waals surface area contributed by atoms with Crippen LogP contribution in [0.1, 0.15) is 56.1 Å². The van der Waals surface area contributed by atoms with Gasteiger partial charge in [0.05, 0.1) is 13.0 Å². The number of rotatable bonds is 13. The topological polar surface area (TPSA) is 130 Å². The Kier molecular flexibility index (Phi) is 9.89. The number of fused-ring (bicyclic) bond motifs is 3. The number of amides is 1. The number of carbonyl (C=O) groups excluding carboxylic acids is 3. The molecule has 0 spiro atoms. The van der Waals surface area contributed by atoms with Crippen LogP contribution >= 0.6 is 0 Å². The van der Waals surface area contributed by atoms with Crippen molar-refractivity contribution in [1.82, 2.24) is 5.32 Å². The van der Waals surface area contributed by atoms with Crippen molar-refractivity contribution in [2.24, 2.45) is 11.0 Å². The van der Waals surface area contributed by atoms with Crippen LogP contribution in [0.15, 0.2) is 53.6 Å². The lowest BCUT2D eigenvalue weighted by Crippen LogP contribution is -2.37. The van der Waals surface area contributed by atoms with Gasteiger partial charge in [0.1, 0.15) is 18.4 Å². The van der Waals surface area contributed by atoms with E-state index in [0.29, 0.717) is 6.42 Å². The van der Waals surface area contributed by atoms with Gasteiger partial charge in [0.15, 0.2) is 0 Å². The first-order valence-electron chi connectivity index (χ1n) is 12.2. The van der Waals surface area contributed by atoms with Crippen molar-refractivity contribution in [2.45, 2.75) is 51.0 Å². The van der Waals surface area contributed by atoms with Crippen molar-refractivity contribution in [2.75, 3.05) is 20.3 Å². The first-order chi connectivity index (χ1) is 17.5. The maximum absolute atomic E-state index is 12.8. The minimum Gasteiger partial charge on any atom is -0.469 e. The molecule has 9 heteroatoms. The molecule has 1 amide bonds. The maximum atomic E-state index is 12.8. The number of nitrogens with zero attached hydrogens (tertiary/aromatic N) is 3. The number of hydrogen-bond acceptors (Lipinski definition) is 6. The zero-order valence-electron chi connectivity index (χ0n) is 20.7. The van der Waals surface area contributed by atoms with E-state index in [-0.39, 0.29) is 25.5 Å². The molecule has 190 valence electrons. The van der Waals surface area contributed by atoms with Crippen LogP contribution in [0.3, 0.4) is 0 Å². The fraction of sp³-hybridized carbons (Fsp3) is 0.444. The van der Waals surface area contributed by atoms with Gasteiger partial charge in [-0.1, -0.05) is 79.8 Å². The van der Waals surface area contributed by atoms with E-state index in [0.717, 1.165) is 41.5 Å². The summed E-state index contributed by atoms with van der Waals surface area (Å²) < 4.78 is 10.3. The van der Waals surface area contributed by atoms with Crippen LogP contribution in [-0.4, -0.2) is 44.1 Å². The highest BCUT2D eigenvalue weighted by Gasteiger charge is 2.30. The van der Waals surface area contributed by atoms with Gasteiger partial charge in [-0.05, 0) is 34.2 Å². The molecule has 0 aliphatic heterocycles. The van der Waals surface area contributed by atoms with E-state index in [2.05, 4.69) is 15.3 Å². The molecule has 0 bridgehead atoms. The molecule has 2 aromatic rings. The molecule has 2 aromatic carbocycles. The van der Waals surface area contributed by atoms with Gasteiger partial charge in [-0.3, -0.25) is 9.59 Å². The third kappa shape index (κ3) is 6.64. The van der Waals surface area contributed by atoms with Crippen molar-refractivity contribution < 1.29 is 23.9 Å². The summed E-state index contributed by atoms with van der Waals surface area (Å²) in [6, 6.07) is 14.9. The van der Waals surface area contributed by atoms with E-state index in [9.17, 15) is 14.4 Å². The van der Waals surface area contributed by atoms with Gasteiger partial charge in [0, 0.05) is 23.8 Å². The molecule has 2 atom stereocenters. The number of methoxy groups -OCH3 is 1. The summed E-state index contributed by atoms with van der Waals surface area (Å²) in [5.41, 5.74) is 13.3. The Balaban J connectivity index is 1.57. The largest absolute Gasteiger partial charge is 0.469 e. The van der Waals surface area contributed by atoms with E-state index in [1.807, 2.05) is 55.5 Å². The molecule has 0 saturated carbocycles. The minimum absolute atomic E-state index is 0.0957. The molecular formula is C27H32N4O5. The number of carbonyl (C=O) groups is 3. The molecule has 0 radical (unpaired) electrons. The second kappa shape index (κ2) is 13.3. The lowest BCUT2D eigenvalue weighted by molar-refractivity contribution is -0.147. The molecule has 0 saturated heterocycles. The summed E-state index contributed by atoms with van der Waals surface area (Å²) in [6.07, 6.45) is 2.38. The summed E-state index contributed by atoms with van der Waals surface area (Å²) >= 11 is 0. The van der Waals surface area contributed by atoms with Gasteiger partial charge >= 0.3 is 12.1 Å². The molecule has 1 N–H and O–H groups in total. The summed E-state index contributed by atoms with van der Waals surface area (Å²) in [5, 5.41) is 6.06. The highest BCUT2D eigenvalue weighted by atomic mass is 16.5. The van der Waals surface area contributed by atoms with E-state index in [1.165, 1.54) is 7.11 Å². The molecule has 0 unspecified atom stereocenters. The normalized spacial score (nSPS) is 13.5. The van der Waals surface area contributed by atoms with Crippen LogP contribution in [0.25, 0.3) is 21.6 Å². The van der Waals surface area contributed by atoms with E-state index < -0.39 is 29.8 Å². The predicted octanol–water partition coefficient (Wildman–Crippen LogP) is 5.53. The highest BCUT2D eigenvalue weighted by molar-refractivity contribution is 5.89. The SMILES string of the molecule is CCCCC[C@@H](CC(=O)[C@H](CNC(=O)OCC1c2ccccc2-c2ccccc21)N=[N+]=[N-])C(=O)OC. The van der Waals surface area contributed by atoms with Crippen molar-refractivity contribution in [3.05, 3.63) is 70.1 Å². The zero-order valence-corrected chi connectivity index (χ0v) is 20.7. The van der Waals surface area contributed by atoms with E-state index >= 15 is 0 Å². The van der Waals surface area contributed by atoms with Crippen molar-refractivity contribution in [3.8, 4) is 11.1 Å². The molecule has 1 aliphatic carbocycles. The van der Waals surface area contributed by atoms with Gasteiger partial charge < -0.3 is 14.8 Å². The fourth-order valence-electron chi connectivity index (χ4n) is 4.60. The number of esters is 1. The Morgan fingerprint density at radius 3 is 2.28 bits per heavy atom. The summed E-state index contributed by atoms with van der Waals surface area (Å²) in [6.45, 7) is 1.95. The zero-order chi connectivity index (χ0) is 25.9. The van der Waals surface area contributed by atoms with Crippen LogP contribution in [0, 0.1) is 5.92 Å². The number of alkyl carbamates (subject to hydrolysis) is 1. The number of hydrogen-bond donors (Lipinski definition) is 1. The highest BCUT2D eigenvalue weighted by Crippen LogP contribution is 2.44. The number of ketones is 1. The molecule has 1 aliphatic rings. The first kappa shape index (κ1) is 26.8. The summed E-state index contributed by atoms with van der Waals surface area (Å²) in [7, 11) is 1.28. The van der Waals surface area contributed by atoms with Crippen molar-refractivity contribution >= 4 is 17.8 Å². The van der Waals surface area contributed by atoms with Crippen LogP contribution in [0.2, 0.25) is 0 Å². The first-order valence-corrected chi connectivity index (χ1v) is 12.2. The fourth-order valence-corrected chi connectivity index (χ4v) is 4.60. The monoisotopic (exact) mass is 492 g/mol. The Labute approximate surface area is 210 Å². The predicted molar refractivity (Wildman–Crippen MR) is 135 cm³/mol. The van der Waals surface area contributed by atoms with Gasteiger partial charge in [-0.2, -0.15) is 0 Å². The maximum Gasteiger partial charge on any atom is 0.407 e. The molecule has 0 fully saturated rings. The lowest BCUT2D eigenvalue weighted by Gasteiger charge is -2.18. The Morgan fingerprint density at radius 1 is 1.06 bits per heavy atom. The second-order valence-corrected chi connectivity index (χ2v) is 8.81. The minimum atomic E-state index is -1.14. The number of azide groups is 1. The van der Waals surface area contributed by atoms with Gasteiger partial charge in [-0.15, -0.1) is 0 Å². The third-order valence-electron chi connectivity index (χ3n) is 6.48. The van der Waals surface area contributed by atoms with E-state index in [4.69, 9.17) is 15.0 Å². The molecule has 36 heavy (non-hydrogen) atoms. The van der Waals surface area contributed by atoms with Gasteiger partial charge in [-0.25, -0.2) is 4.79 Å². The molecule has 9 nitrogen and oxygen atoms in total. The van der Waals surface area contributed by atoms with Crippen LogP contribution in [0.4, 0.5) is 4.79 Å². The van der Waals surface area contributed by atoms with Crippen LogP contribution in [-0.2, 0) is 19.1 Å². The van der Waals surface area contributed by atoms with Crippen molar-refractivity contribution in [1.29, 1.82) is 0 Å². The van der Waals surface area contributed by atoms with Gasteiger partial charge in [0.25, 0.3) is 0 Å². The molecule has 0 heterocycles. The second-order valence-electron chi connectivity index (χ2n) is 8.81. The molecular weight excluding hydrogens is 460 g/mol. The lowest BCUT2D eigenvalue weighted by atomic mass is 9.93. The summed E-state index contributed by atoms with van der Waals surface area (Å²) in [4.78, 5) is 40.1. The summed E-state index contributed by atoms with van der Waals surface area (Å²) in [5.74, 6) is -1.61. The van der Waals surface area contributed by atoms with Gasteiger partial charge in [0.2, 0.25) is 0 Å². The van der Waals surface area contributed by atoms with Crippen LogP contribution in [0.5, 0.6) is 0 Å². The van der Waals surface area contributed by atoms with E-state index in [1.54, 1.807) is 0 Å². The Morgan fingerprint density at radius 2 is 1.69 bits per heavy atom. The number of unbranched alkanes of at least 4 members (excludes halogenated alkanes) is 2. The average molecular weight is 493 g/mol. The molecule has 0 aromatic heterocycles. The Hall–Kier alpha value is -3.84. The number of nitrogens with one attached hydrogen (secondary N) is 1.